The Morgan fingerprint density at radius 2 is 1.89 bits per heavy atom. The molecular formula is C20H19ClN2O4S. The normalized spacial score (nSPS) is 11.2. The highest BCUT2D eigenvalue weighted by Crippen LogP contribution is 2.24. The number of nitrogens with one attached hydrogen (secondary N) is 2. The van der Waals surface area contributed by atoms with E-state index in [4.69, 9.17) is 16.0 Å². The minimum Gasteiger partial charge on any atom is -0.469 e. The average molecular weight is 419 g/mol. The van der Waals surface area contributed by atoms with E-state index in [1.54, 1.807) is 55.7 Å². The molecule has 28 heavy (non-hydrogen) atoms. The molecule has 0 aliphatic carbocycles. The number of benzene rings is 2. The van der Waals surface area contributed by atoms with Crippen molar-refractivity contribution >= 4 is 38.9 Å². The van der Waals surface area contributed by atoms with Crippen LogP contribution in [0.2, 0.25) is 5.02 Å². The van der Waals surface area contributed by atoms with Gasteiger partial charge >= 0.3 is 0 Å². The standard InChI is InChI=1S/C20H19ClN2O4S/c1-14-7-8-16(22-20(24)10-9-18-6-3-11-27-18)13-19(14)28(25,26)23-17-5-2-4-15(21)12-17/h2-8,11-13,23H,9-10H2,1H3,(H,22,24). The van der Waals surface area contributed by atoms with Gasteiger partial charge in [0.2, 0.25) is 5.91 Å². The maximum absolute atomic E-state index is 12.8. The van der Waals surface area contributed by atoms with Crippen LogP contribution in [-0.4, -0.2) is 14.3 Å². The topological polar surface area (TPSA) is 88.4 Å². The Morgan fingerprint density at radius 3 is 2.61 bits per heavy atom. The Kier molecular flexibility index (Phi) is 6.06. The van der Waals surface area contributed by atoms with E-state index in [9.17, 15) is 13.2 Å². The molecule has 6 nitrogen and oxygen atoms in total. The lowest BCUT2D eigenvalue weighted by atomic mass is 10.2. The Balaban J connectivity index is 1.74. The molecule has 0 unspecified atom stereocenters. The number of amides is 1. The first-order chi connectivity index (χ1) is 13.3. The summed E-state index contributed by atoms with van der Waals surface area (Å²) < 4.78 is 33.3. The van der Waals surface area contributed by atoms with Crippen molar-refractivity contribution in [3.8, 4) is 0 Å². The van der Waals surface area contributed by atoms with Crippen LogP contribution in [0.15, 0.2) is 70.2 Å². The van der Waals surface area contributed by atoms with E-state index in [2.05, 4.69) is 10.0 Å². The molecule has 1 heterocycles. The summed E-state index contributed by atoms with van der Waals surface area (Å²) in [6.45, 7) is 1.69. The lowest BCUT2D eigenvalue weighted by Gasteiger charge is -2.13. The van der Waals surface area contributed by atoms with Gasteiger partial charge in [-0.05, 0) is 55.0 Å². The minimum atomic E-state index is -3.84. The van der Waals surface area contributed by atoms with Gasteiger partial charge in [-0.3, -0.25) is 9.52 Å². The largest absolute Gasteiger partial charge is 0.469 e. The van der Waals surface area contributed by atoms with Crippen LogP contribution in [0.3, 0.4) is 0 Å². The number of hydrogen-bond acceptors (Lipinski definition) is 4. The van der Waals surface area contributed by atoms with E-state index >= 15 is 0 Å². The fraction of sp³-hybridized carbons (Fsp3) is 0.150. The van der Waals surface area contributed by atoms with Gasteiger partial charge in [0.25, 0.3) is 10.0 Å². The molecule has 0 fully saturated rings. The molecule has 1 amide bonds. The molecule has 146 valence electrons. The molecule has 0 aliphatic heterocycles. The van der Waals surface area contributed by atoms with Crippen molar-refractivity contribution in [2.75, 3.05) is 10.0 Å². The van der Waals surface area contributed by atoms with Crippen molar-refractivity contribution in [2.24, 2.45) is 0 Å². The van der Waals surface area contributed by atoms with E-state index in [1.165, 1.54) is 12.1 Å². The third kappa shape index (κ3) is 5.15. The average Bonchev–Trinajstić information content (AvgIpc) is 3.15. The maximum atomic E-state index is 12.8. The Morgan fingerprint density at radius 1 is 1.07 bits per heavy atom. The second-order valence-electron chi connectivity index (χ2n) is 6.22. The number of carbonyl (C=O) groups excluding carboxylic acids is 1. The zero-order valence-electron chi connectivity index (χ0n) is 15.1. The Hall–Kier alpha value is -2.77. The fourth-order valence-corrected chi connectivity index (χ4v) is 4.16. The predicted octanol–water partition coefficient (Wildman–Crippen LogP) is 4.61. The SMILES string of the molecule is Cc1ccc(NC(=O)CCc2ccco2)cc1S(=O)(=O)Nc1cccc(Cl)c1. The lowest BCUT2D eigenvalue weighted by molar-refractivity contribution is -0.116. The van der Waals surface area contributed by atoms with Crippen molar-refractivity contribution in [3.05, 3.63) is 77.2 Å². The number of anilines is 2. The third-order valence-corrected chi connectivity index (χ3v) is 5.78. The maximum Gasteiger partial charge on any atom is 0.262 e. The van der Waals surface area contributed by atoms with Crippen LogP contribution in [0.25, 0.3) is 0 Å². The fourth-order valence-electron chi connectivity index (χ4n) is 2.64. The van der Waals surface area contributed by atoms with Gasteiger partial charge in [0.05, 0.1) is 16.8 Å². The van der Waals surface area contributed by atoms with Crippen molar-refractivity contribution in [1.82, 2.24) is 0 Å². The van der Waals surface area contributed by atoms with Crippen LogP contribution in [-0.2, 0) is 21.2 Å². The molecule has 0 bridgehead atoms. The highest BCUT2D eigenvalue weighted by atomic mass is 35.5. The highest BCUT2D eigenvalue weighted by Gasteiger charge is 2.18. The first-order valence-electron chi connectivity index (χ1n) is 8.55. The summed E-state index contributed by atoms with van der Waals surface area (Å²) in [5.41, 5.74) is 1.32. The lowest BCUT2D eigenvalue weighted by Crippen LogP contribution is -2.16. The number of rotatable bonds is 7. The number of carbonyl (C=O) groups is 1. The number of halogens is 1. The minimum absolute atomic E-state index is 0.0799. The van der Waals surface area contributed by atoms with E-state index in [-0.39, 0.29) is 17.2 Å². The van der Waals surface area contributed by atoms with Gasteiger partial charge in [0.15, 0.2) is 0 Å². The van der Waals surface area contributed by atoms with Crippen LogP contribution in [0.4, 0.5) is 11.4 Å². The van der Waals surface area contributed by atoms with Gasteiger partial charge in [-0.25, -0.2) is 8.42 Å². The Bertz CT molecular complexity index is 1080. The highest BCUT2D eigenvalue weighted by molar-refractivity contribution is 7.92. The van der Waals surface area contributed by atoms with E-state index in [1.807, 2.05) is 0 Å². The van der Waals surface area contributed by atoms with E-state index < -0.39 is 10.0 Å². The van der Waals surface area contributed by atoms with E-state index in [0.717, 1.165) is 0 Å². The van der Waals surface area contributed by atoms with Gasteiger partial charge in [0, 0.05) is 23.6 Å². The molecule has 3 rings (SSSR count). The molecule has 0 saturated carbocycles. The van der Waals surface area contributed by atoms with Crippen LogP contribution < -0.4 is 10.0 Å². The summed E-state index contributed by atoms with van der Waals surface area (Å²) in [6, 6.07) is 14.8. The molecule has 0 aliphatic rings. The molecular weight excluding hydrogens is 400 g/mol. The van der Waals surface area contributed by atoms with Crippen molar-refractivity contribution in [2.45, 2.75) is 24.7 Å². The monoisotopic (exact) mass is 418 g/mol. The number of furan rings is 1. The summed E-state index contributed by atoms with van der Waals surface area (Å²) in [6.07, 6.45) is 2.24. The number of hydrogen-bond donors (Lipinski definition) is 2. The molecule has 1 aromatic heterocycles. The van der Waals surface area contributed by atoms with Gasteiger partial charge in [0.1, 0.15) is 5.76 Å². The van der Waals surface area contributed by atoms with Crippen molar-refractivity contribution in [3.63, 3.8) is 0 Å². The molecule has 3 aromatic rings. The first kappa shape index (κ1) is 20.0. The quantitative estimate of drug-likeness (QED) is 0.586. The van der Waals surface area contributed by atoms with Crippen LogP contribution >= 0.6 is 11.6 Å². The second-order valence-corrected chi connectivity index (χ2v) is 8.31. The molecule has 0 saturated heterocycles. The van der Waals surface area contributed by atoms with Gasteiger partial charge in [-0.1, -0.05) is 23.7 Å². The number of aryl methyl sites for hydroxylation is 2. The summed E-state index contributed by atoms with van der Waals surface area (Å²) in [5, 5.41) is 3.15. The third-order valence-electron chi connectivity index (χ3n) is 4.02. The van der Waals surface area contributed by atoms with Gasteiger partial charge < -0.3 is 9.73 Å². The van der Waals surface area contributed by atoms with Gasteiger partial charge in [-0.2, -0.15) is 0 Å². The second kappa shape index (κ2) is 8.50. The molecule has 0 spiro atoms. The van der Waals surface area contributed by atoms with Crippen LogP contribution in [0.1, 0.15) is 17.7 Å². The van der Waals surface area contributed by atoms with Crippen LogP contribution in [0, 0.1) is 6.92 Å². The molecule has 0 radical (unpaired) electrons. The summed E-state index contributed by atoms with van der Waals surface area (Å²) in [7, 11) is -3.84. The molecule has 0 atom stereocenters. The van der Waals surface area contributed by atoms with Gasteiger partial charge in [-0.15, -0.1) is 0 Å². The zero-order chi connectivity index (χ0) is 20.1. The number of sulfonamides is 1. The summed E-state index contributed by atoms with van der Waals surface area (Å²) in [5.74, 6) is 0.486. The van der Waals surface area contributed by atoms with Crippen LogP contribution in [0.5, 0.6) is 0 Å². The Labute approximate surface area is 168 Å². The zero-order valence-corrected chi connectivity index (χ0v) is 16.7. The molecule has 8 heteroatoms. The molecule has 2 aromatic carbocycles. The summed E-state index contributed by atoms with van der Waals surface area (Å²) >= 11 is 5.91. The predicted molar refractivity (Wildman–Crippen MR) is 109 cm³/mol. The molecule has 2 N–H and O–H groups in total. The van der Waals surface area contributed by atoms with Crippen molar-refractivity contribution in [1.29, 1.82) is 0 Å². The van der Waals surface area contributed by atoms with E-state index in [0.29, 0.717) is 34.1 Å². The van der Waals surface area contributed by atoms with Crippen molar-refractivity contribution < 1.29 is 17.6 Å². The summed E-state index contributed by atoms with van der Waals surface area (Å²) in [4.78, 5) is 12.2. The first-order valence-corrected chi connectivity index (χ1v) is 10.4. The smallest absolute Gasteiger partial charge is 0.262 e.